The minimum Gasteiger partial charge on any atom is -0.453 e. The SMILES string of the molecule is COC(=O)N[C@H](C(=O)N1CC(C)(C)C[C@H]1C(=O)N[C@@H](CCC(C)(F)F)C(=O)C(=O)NC1CC1)C(C)(C)C. The number of nitrogens with zero attached hydrogens (tertiary/aromatic N) is 1. The predicted molar refractivity (Wildman–Crippen MR) is 131 cm³/mol. The second kappa shape index (κ2) is 11.3. The van der Waals surface area contributed by atoms with Crippen LogP contribution in [0.5, 0.6) is 0 Å². The third kappa shape index (κ3) is 8.92. The van der Waals surface area contributed by atoms with Gasteiger partial charge in [-0.3, -0.25) is 19.2 Å². The largest absolute Gasteiger partial charge is 0.453 e. The number of methoxy groups -OCH3 is 1. The summed E-state index contributed by atoms with van der Waals surface area (Å²) in [6.45, 7) is 9.86. The van der Waals surface area contributed by atoms with Crippen LogP contribution in [0.4, 0.5) is 13.6 Å². The first-order chi connectivity index (χ1) is 16.8. The summed E-state index contributed by atoms with van der Waals surface area (Å²) >= 11 is 0. The molecule has 0 unspecified atom stereocenters. The van der Waals surface area contributed by atoms with Gasteiger partial charge in [0.15, 0.2) is 0 Å². The fraction of sp³-hybridized carbons (Fsp3) is 0.800. The summed E-state index contributed by atoms with van der Waals surface area (Å²) in [6.07, 6.45) is -0.268. The molecule has 0 aromatic rings. The molecule has 4 amide bonds. The number of nitrogens with one attached hydrogen (secondary N) is 3. The molecule has 2 fully saturated rings. The second-order valence-corrected chi connectivity index (χ2v) is 12.1. The minimum atomic E-state index is -3.10. The number of ketones is 1. The summed E-state index contributed by atoms with van der Waals surface area (Å²) in [6, 6.07) is -3.65. The van der Waals surface area contributed by atoms with Gasteiger partial charge in [0.25, 0.3) is 5.91 Å². The monoisotopic (exact) mass is 530 g/mol. The summed E-state index contributed by atoms with van der Waals surface area (Å²) in [5.74, 6) is -6.27. The molecular formula is C25H40F2N4O6. The van der Waals surface area contributed by atoms with Crippen LogP contribution in [-0.4, -0.2) is 78.2 Å². The van der Waals surface area contributed by atoms with Crippen molar-refractivity contribution in [3.05, 3.63) is 0 Å². The standard InChI is InChI=1S/C25H40F2N4O6/c1-23(2,3)18(30-22(36)37-7)21(35)31-13-24(4,5)12-16(31)19(33)29-15(10-11-25(6,26)27)17(32)20(34)28-14-8-9-14/h14-16,18H,8-13H2,1-7H3,(H,28,34)(H,29,33)(H,30,36)/t15-,16-,18+/m0/s1. The van der Waals surface area contributed by atoms with Gasteiger partial charge < -0.3 is 25.6 Å². The maximum absolute atomic E-state index is 13.6. The van der Waals surface area contributed by atoms with Gasteiger partial charge >= 0.3 is 6.09 Å². The molecule has 10 nitrogen and oxygen atoms in total. The van der Waals surface area contributed by atoms with Gasteiger partial charge in [-0.2, -0.15) is 0 Å². The fourth-order valence-corrected chi connectivity index (χ4v) is 4.30. The van der Waals surface area contributed by atoms with Crippen molar-refractivity contribution in [1.29, 1.82) is 0 Å². The average molecular weight is 531 g/mol. The van der Waals surface area contributed by atoms with Crippen molar-refractivity contribution in [3.63, 3.8) is 0 Å². The van der Waals surface area contributed by atoms with Crippen LogP contribution in [0, 0.1) is 10.8 Å². The van der Waals surface area contributed by atoms with E-state index in [1.54, 1.807) is 20.8 Å². The van der Waals surface area contributed by atoms with E-state index in [4.69, 9.17) is 0 Å². The molecule has 12 heteroatoms. The summed E-state index contributed by atoms with van der Waals surface area (Å²) in [7, 11) is 1.17. The van der Waals surface area contributed by atoms with Crippen molar-refractivity contribution >= 4 is 29.6 Å². The van der Waals surface area contributed by atoms with Crippen LogP contribution in [-0.2, 0) is 23.9 Å². The molecule has 2 rings (SSSR count). The zero-order valence-corrected chi connectivity index (χ0v) is 22.7. The first kappa shape index (κ1) is 30.4. The van der Waals surface area contributed by atoms with E-state index < -0.39 is 77.3 Å². The van der Waals surface area contributed by atoms with Crippen LogP contribution >= 0.6 is 0 Å². The summed E-state index contributed by atoms with van der Waals surface area (Å²) in [4.78, 5) is 65.4. The number of amides is 4. The van der Waals surface area contributed by atoms with E-state index in [-0.39, 0.29) is 19.0 Å². The van der Waals surface area contributed by atoms with E-state index in [0.717, 1.165) is 12.8 Å². The van der Waals surface area contributed by atoms with Crippen LogP contribution in [0.2, 0.25) is 0 Å². The highest BCUT2D eigenvalue weighted by Crippen LogP contribution is 2.36. The maximum atomic E-state index is 13.6. The van der Waals surface area contributed by atoms with Gasteiger partial charge in [0, 0.05) is 19.0 Å². The zero-order chi connectivity index (χ0) is 28.3. The lowest BCUT2D eigenvalue weighted by molar-refractivity contribution is -0.144. The summed E-state index contributed by atoms with van der Waals surface area (Å²) in [5.41, 5.74) is -1.21. The Morgan fingerprint density at radius 2 is 1.65 bits per heavy atom. The van der Waals surface area contributed by atoms with Crippen molar-refractivity contribution in [2.45, 2.75) is 104 Å². The van der Waals surface area contributed by atoms with Crippen molar-refractivity contribution < 1.29 is 37.5 Å². The fourth-order valence-electron chi connectivity index (χ4n) is 4.30. The van der Waals surface area contributed by atoms with Gasteiger partial charge in [-0.15, -0.1) is 0 Å². The molecular weight excluding hydrogens is 490 g/mol. The van der Waals surface area contributed by atoms with Crippen molar-refractivity contribution in [3.8, 4) is 0 Å². The average Bonchev–Trinajstić information content (AvgIpc) is 3.52. The number of hydrogen-bond donors (Lipinski definition) is 3. The molecule has 1 aliphatic heterocycles. The number of carbonyl (C=O) groups excluding carboxylic acids is 5. The second-order valence-electron chi connectivity index (χ2n) is 12.1. The lowest BCUT2D eigenvalue weighted by Gasteiger charge is -2.35. The van der Waals surface area contributed by atoms with Crippen molar-refractivity contribution in [1.82, 2.24) is 20.9 Å². The third-order valence-corrected chi connectivity index (χ3v) is 6.51. The highest BCUT2D eigenvalue weighted by atomic mass is 19.3. The molecule has 1 saturated carbocycles. The van der Waals surface area contributed by atoms with Crippen molar-refractivity contribution in [2.75, 3.05) is 13.7 Å². The summed E-state index contributed by atoms with van der Waals surface area (Å²) < 4.78 is 31.8. The Hall–Kier alpha value is -2.79. The van der Waals surface area contributed by atoms with Crippen LogP contribution in [0.1, 0.15) is 73.6 Å². The number of hydrogen-bond acceptors (Lipinski definition) is 6. The van der Waals surface area contributed by atoms with E-state index in [1.165, 1.54) is 12.0 Å². The Labute approximate surface area is 216 Å². The van der Waals surface area contributed by atoms with E-state index in [9.17, 15) is 32.8 Å². The first-order valence-electron chi connectivity index (χ1n) is 12.5. The topological polar surface area (TPSA) is 134 Å². The third-order valence-electron chi connectivity index (χ3n) is 6.51. The van der Waals surface area contributed by atoms with E-state index >= 15 is 0 Å². The number of rotatable bonds is 10. The van der Waals surface area contributed by atoms with Crippen LogP contribution in [0.3, 0.4) is 0 Å². The lowest BCUT2D eigenvalue weighted by Crippen LogP contribution is -2.59. The molecule has 1 heterocycles. The van der Waals surface area contributed by atoms with Gasteiger partial charge in [0.1, 0.15) is 12.1 Å². The highest BCUT2D eigenvalue weighted by Gasteiger charge is 2.48. The van der Waals surface area contributed by atoms with Crippen molar-refractivity contribution in [2.24, 2.45) is 10.8 Å². The molecule has 1 saturated heterocycles. The quantitative estimate of drug-likeness (QED) is 0.371. The van der Waals surface area contributed by atoms with Gasteiger partial charge in [0.2, 0.25) is 23.5 Å². The minimum absolute atomic E-state index is 0.124. The molecule has 3 N–H and O–H groups in total. The molecule has 0 spiro atoms. The highest BCUT2D eigenvalue weighted by molar-refractivity contribution is 6.38. The van der Waals surface area contributed by atoms with E-state index in [0.29, 0.717) is 6.92 Å². The smallest absolute Gasteiger partial charge is 0.407 e. The number of halogens is 2. The normalized spacial score (nSPS) is 21.0. The Bertz CT molecular complexity index is 908. The first-order valence-corrected chi connectivity index (χ1v) is 12.5. The van der Waals surface area contributed by atoms with Crippen LogP contribution in [0.25, 0.3) is 0 Å². The van der Waals surface area contributed by atoms with Crippen LogP contribution in [0.15, 0.2) is 0 Å². The molecule has 0 radical (unpaired) electrons. The molecule has 2 aliphatic rings. The molecule has 3 atom stereocenters. The predicted octanol–water partition coefficient (Wildman–Crippen LogP) is 2.15. The summed E-state index contributed by atoms with van der Waals surface area (Å²) in [5, 5.41) is 7.53. The number of likely N-dealkylation sites (tertiary alicyclic amines) is 1. The molecule has 0 aromatic heterocycles. The number of ether oxygens (including phenoxy) is 1. The molecule has 0 aromatic carbocycles. The Balaban J connectivity index is 2.27. The van der Waals surface area contributed by atoms with Gasteiger partial charge in [-0.05, 0) is 43.4 Å². The van der Waals surface area contributed by atoms with Gasteiger partial charge in [0.05, 0.1) is 13.2 Å². The molecule has 210 valence electrons. The van der Waals surface area contributed by atoms with E-state index in [2.05, 4.69) is 20.7 Å². The molecule has 37 heavy (non-hydrogen) atoms. The zero-order valence-electron chi connectivity index (χ0n) is 22.7. The van der Waals surface area contributed by atoms with E-state index in [1.807, 2.05) is 13.8 Å². The number of Topliss-reactive ketones (excluding diaryl/α,β-unsaturated/α-hetero) is 1. The lowest BCUT2D eigenvalue weighted by atomic mass is 9.85. The number of alkyl carbamates (subject to hydrolysis) is 1. The van der Waals surface area contributed by atoms with Crippen LogP contribution < -0.4 is 16.0 Å². The Morgan fingerprint density at radius 3 is 2.14 bits per heavy atom. The Morgan fingerprint density at radius 1 is 1.05 bits per heavy atom. The number of carbonyl (C=O) groups is 5. The molecule has 0 bridgehead atoms. The van der Waals surface area contributed by atoms with Gasteiger partial charge in [-0.25, -0.2) is 13.6 Å². The maximum Gasteiger partial charge on any atom is 0.407 e. The Kier molecular flexibility index (Phi) is 9.30. The van der Waals surface area contributed by atoms with Gasteiger partial charge in [-0.1, -0.05) is 34.6 Å². The molecule has 1 aliphatic carbocycles. The number of alkyl halides is 2.